The first kappa shape index (κ1) is 12.2. The fourth-order valence-corrected chi connectivity index (χ4v) is 1.72. The highest BCUT2D eigenvalue weighted by Gasteiger charge is 2.10. The quantitative estimate of drug-likeness (QED) is 0.895. The summed E-state index contributed by atoms with van der Waals surface area (Å²) in [6.45, 7) is 0. The molecule has 3 nitrogen and oxygen atoms in total. The van der Waals surface area contributed by atoms with Crippen LogP contribution in [0.5, 0.6) is 5.75 Å². The smallest absolute Gasteiger partial charge is 0.118 e. The Morgan fingerprint density at radius 1 is 1.00 bits per heavy atom. The Labute approximate surface area is 106 Å². The molecular weight excluding hydrogens is 226 g/mol. The molecule has 0 aromatic heterocycles. The maximum atomic E-state index is 10.2. The molecule has 1 atom stereocenters. The van der Waals surface area contributed by atoms with Gasteiger partial charge in [-0.1, -0.05) is 24.3 Å². The van der Waals surface area contributed by atoms with Crippen molar-refractivity contribution in [2.45, 2.75) is 6.10 Å². The molecule has 0 fully saturated rings. The second-order valence-corrected chi connectivity index (χ2v) is 3.91. The average molecular weight is 239 g/mol. The summed E-state index contributed by atoms with van der Waals surface area (Å²) in [5.41, 5.74) is 2.14. The third-order valence-corrected chi connectivity index (χ3v) is 2.79. The predicted molar refractivity (Wildman–Crippen MR) is 68.2 cm³/mol. The molecular formula is C15H13NO2. The summed E-state index contributed by atoms with van der Waals surface area (Å²) >= 11 is 0. The van der Waals surface area contributed by atoms with Gasteiger partial charge in [0.15, 0.2) is 0 Å². The molecule has 0 amide bonds. The van der Waals surface area contributed by atoms with Crippen molar-refractivity contribution in [2.24, 2.45) is 0 Å². The lowest BCUT2D eigenvalue weighted by atomic mass is 10.0. The fourth-order valence-electron chi connectivity index (χ4n) is 1.72. The third-order valence-electron chi connectivity index (χ3n) is 2.79. The third kappa shape index (κ3) is 2.50. The van der Waals surface area contributed by atoms with Crippen LogP contribution in [0, 0.1) is 11.3 Å². The first-order valence-electron chi connectivity index (χ1n) is 5.56. The molecule has 2 rings (SSSR count). The van der Waals surface area contributed by atoms with Gasteiger partial charge in [-0.2, -0.15) is 5.26 Å². The number of nitrogens with zero attached hydrogens (tertiary/aromatic N) is 1. The van der Waals surface area contributed by atoms with Crippen LogP contribution in [0.25, 0.3) is 0 Å². The molecule has 0 radical (unpaired) electrons. The molecule has 3 heteroatoms. The number of methoxy groups -OCH3 is 1. The van der Waals surface area contributed by atoms with E-state index in [1.807, 2.05) is 30.3 Å². The summed E-state index contributed by atoms with van der Waals surface area (Å²) < 4.78 is 5.07. The van der Waals surface area contributed by atoms with E-state index in [-0.39, 0.29) is 0 Å². The lowest BCUT2D eigenvalue weighted by molar-refractivity contribution is 0.220. The van der Waals surface area contributed by atoms with E-state index in [1.165, 1.54) is 0 Å². The average Bonchev–Trinajstić information content (AvgIpc) is 2.47. The molecule has 2 aromatic carbocycles. The van der Waals surface area contributed by atoms with E-state index in [1.54, 1.807) is 31.4 Å². The molecule has 0 saturated carbocycles. The highest BCUT2D eigenvalue weighted by atomic mass is 16.5. The molecule has 0 aliphatic rings. The molecule has 0 aliphatic carbocycles. The van der Waals surface area contributed by atoms with Crippen LogP contribution < -0.4 is 4.74 Å². The van der Waals surface area contributed by atoms with E-state index in [9.17, 15) is 5.11 Å². The first-order chi connectivity index (χ1) is 8.74. The number of aliphatic hydroxyl groups is 1. The highest BCUT2D eigenvalue weighted by molar-refractivity contribution is 5.37. The summed E-state index contributed by atoms with van der Waals surface area (Å²) in [6.07, 6.45) is -0.691. The van der Waals surface area contributed by atoms with Gasteiger partial charge in [0.05, 0.1) is 18.7 Å². The van der Waals surface area contributed by atoms with Gasteiger partial charge in [-0.15, -0.1) is 0 Å². The second kappa shape index (κ2) is 5.35. The zero-order valence-corrected chi connectivity index (χ0v) is 10.00. The molecule has 0 saturated heterocycles. The van der Waals surface area contributed by atoms with Crippen molar-refractivity contribution in [3.63, 3.8) is 0 Å². The molecule has 2 aromatic rings. The van der Waals surface area contributed by atoms with Crippen LogP contribution in [0.2, 0.25) is 0 Å². The number of ether oxygens (including phenoxy) is 1. The molecule has 90 valence electrons. The van der Waals surface area contributed by atoms with Gasteiger partial charge in [0, 0.05) is 0 Å². The Bertz CT molecular complexity index is 553. The van der Waals surface area contributed by atoms with Crippen molar-refractivity contribution in [3.05, 3.63) is 65.2 Å². The van der Waals surface area contributed by atoms with Crippen molar-refractivity contribution >= 4 is 0 Å². The summed E-state index contributed by atoms with van der Waals surface area (Å²) in [5.74, 6) is 0.755. The van der Waals surface area contributed by atoms with Gasteiger partial charge < -0.3 is 9.84 Å². The minimum Gasteiger partial charge on any atom is -0.497 e. The van der Waals surface area contributed by atoms with E-state index >= 15 is 0 Å². The van der Waals surface area contributed by atoms with Crippen molar-refractivity contribution in [1.82, 2.24) is 0 Å². The maximum absolute atomic E-state index is 10.2. The summed E-state index contributed by atoms with van der Waals surface area (Å²) in [5, 5.41) is 18.9. The Morgan fingerprint density at radius 2 is 1.50 bits per heavy atom. The summed E-state index contributed by atoms with van der Waals surface area (Å²) in [6, 6.07) is 16.2. The van der Waals surface area contributed by atoms with E-state index in [4.69, 9.17) is 10.00 Å². The molecule has 0 aliphatic heterocycles. The lowest BCUT2D eigenvalue weighted by Gasteiger charge is -2.12. The van der Waals surface area contributed by atoms with Crippen molar-refractivity contribution < 1.29 is 9.84 Å². The van der Waals surface area contributed by atoms with E-state index in [2.05, 4.69) is 0 Å². The Kier molecular flexibility index (Phi) is 3.61. The van der Waals surface area contributed by atoms with Gasteiger partial charge in [0.2, 0.25) is 0 Å². The lowest BCUT2D eigenvalue weighted by Crippen LogP contribution is -1.99. The molecule has 0 bridgehead atoms. The number of rotatable bonds is 3. The monoisotopic (exact) mass is 239 g/mol. The summed E-state index contributed by atoms with van der Waals surface area (Å²) in [4.78, 5) is 0. The SMILES string of the molecule is COc1ccc(C(O)c2ccc(C#N)cc2)cc1. The standard InChI is InChI=1S/C15H13NO2/c1-18-14-8-6-13(7-9-14)15(17)12-4-2-11(10-16)3-5-12/h2-9,15,17H,1H3. The van der Waals surface area contributed by atoms with Crippen LogP contribution in [0.15, 0.2) is 48.5 Å². The van der Waals surface area contributed by atoms with Crippen LogP contribution in [0.1, 0.15) is 22.8 Å². The van der Waals surface area contributed by atoms with Gasteiger partial charge in [0.25, 0.3) is 0 Å². The molecule has 18 heavy (non-hydrogen) atoms. The zero-order valence-electron chi connectivity index (χ0n) is 10.00. The van der Waals surface area contributed by atoms with Crippen LogP contribution in [-0.4, -0.2) is 12.2 Å². The first-order valence-corrected chi connectivity index (χ1v) is 5.56. The van der Waals surface area contributed by atoms with Crippen molar-refractivity contribution in [2.75, 3.05) is 7.11 Å². The topological polar surface area (TPSA) is 53.2 Å². The number of benzene rings is 2. The molecule has 0 spiro atoms. The van der Waals surface area contributed by atoms with E-state index < -0.39 is 6.10 Å². The predicted octanol–water partition coefficient (Wildman–Crippen LogP) is 2.65. The van der Waals surface area contributed by atoms with Crippen molar-refractivity contribution in [1.29, 1.82) is 5.26 Å². The molecule has 1 unspecified atom stereocenters. The Hall–Kier alpha value is -2.31. The largest absolute Gasteiger partial charge is 0.497 e. The minimum absolute atomic E-state index is 0.584. The van der Waals surface area contributed by atoms with Gasteiger partial charge in [0.1, 0.15) is 11.9 Å². The van der Waals surface area contributed by atoms with Crippen LogP contribution in [0.3, 0.4) is 0 Å². The van der Waals surface area contributed by atoms with Crippen LogP contribution >= 0.6 is 0 Å². The number of nitriles is 1. The maximum Gasteiger partial charge on any atom is 0.118 e. The van der Waals surface area contributed by atoms with Gasteiger partial charge >= 0.3 is 0 Å². The number of hydrogen-bond donors (Lipinski definition) is 1. The van der Waals surface area contributed by atoms with Gasteiger partial charge in [-0.05, 0) is 35.4 Å². The van der Waals surface area contributed by atoms with Crippen LogP contribution in [0.4, 0.5) is 0 Å². The van der Waals surface area contributed by atoms with E-state index in [0.717, 1.165) is 16.9 Å². The second-order valence-electron chi connectivity index (χ2n) is 3.91. The normalized spacial score (nSPS) is 11.6. The number of aliphatic hydroxyl groups excluding tert-OH is 1. The zero-order chi connectivity index (χ0) is 13.0. The minimum atomic E-state index is -0.691. The highest BCUT2D eigenvalue weighted by Crippen LogP contribution is 2.24. The Morgan fingerprint density at radius 3 is 1.94 bits per heavy atom. The van der Waals surface area contributed by atoms with Gasteiger partial charge in [-0.3, -0.25) is 0 Å². The fraction of sp³-hybridized carbons (Fsp3) is 0.133. The summed E-state index contributed by atoms with van der Waals surface area (Å²) in [7, 11) is 1.60. The van der Waals surface area contributed by atoms with Gasteiger partial charge in [-0.25, -0.2) is 0 Å². The van der Waals surface area contributed by atoms with Crippen molar-refractivity contribution in [3.8, 4) is 11.8 Å². The van der Waals surface area contributed by atoms with Crippen LogP contribution in [-0.2, 0) is 0 Å². The molecule has 0 heterocycles. The molecule has 1 N–H and O–H groups in total. The van der Waals surface area contributed by atoms with E-state index in [0.29, 0.717) is 5.56 Å². The number of hydrogen-bond acceptors (Lipinski definition) is 3. The Balaban J connectivity index is 2.23.